The highest BCUT2D eigenvalue weighted by molar-refractivity contribution is 7.84. The van der Waals surface area contributed by atoms with Crippen molar-refractivity contribution in [2.45, 2.75) is 0 Å². The number of benzene rings is 2. The second-order valence-corrected chi connectivity index (χ2v) is 4.93. The van der Waals surface area contributed by atoms with Gasteiger partial charge in [0.2, 0.25) is 0 Å². The van der Waals surface area contributed by atoms with Crippen LogP contribution in [0.15, 0.2) is 54.6 Å². The number of ether oxygens (including phenoxy) is 1. The SMILES string of the molecule is NS(=O)(=O)OC(=O)c1ccccc1Oc1ccccc1. The van der Waals surface area contributed by atoms with Crippen LogP contribution in [0.5, 0.6) is 11.5 Å². The van der Waals surface area contributed by atoms with Gasteiger partial charge in [-0.25, -0.2) is 4.79 Å². The van der Waals surface area contributed by atoms with E-state index < -0.39 is 16.3 Å². The Hall–Kier alpha value is -2.38. The van der Waals surface area contributed by atoms with Gasteiger partial charge in [0.15, 0.2) is 0 Å². The third kappa shape index (κ3) is 3.81. The third-order valence-corrected chi connectivity index (χ3v) is 2.65. The van der Waals surface area contributed by atoms with Gasteiger partial charge in [-0.2, -0.15) is 13.6 Å². The van der Waals surface area contributed by atoms with Gasteiger partial charge < -0.3 is 8.92 Å². The van der Waals surface area contributed by atoms with Crippen molar-refractivity contribution in [1.82, 2.24) is 0 Å². The van der Waals surface area contributed by atoms with Crippen LogP contribution in [-0.2, 0) is 14.5 Å². The summed E-state index contributed by atoms with van der Waals surface area (Å²) in [7, 11) is -4.37. The van der Waals surface area contributed by atoms with Gasteiger partial charge in [-0.1, -0.05) is 30.3 Å². The molecule has 20 heavy (non-hydrogen) atoms. The van der Waals surface area contributed by atoms with E-state index in [1.165, 1.54) is 12.1 Å². The van der Waals surface area contributed by atoms with Crippen LogP contribution in [0.3, 0.4) is 0 Å². The number of para-hydroxylation sites is 2. The van der Waals surface area contributed by atoms with Gasteiger partial charge in [0.1, 0.15) is 17.1 Å². The lowest BCUT2D eigenvalue weighted by Gasteiger charge is -2.09. The van der Waals surface area contributed by atoms with Crippen molar-refractivity contribution < 1.29 is 22.1 Å². The molecule has 0 atom stereocenters. The topological polar surface area (TPSA) is 95.7 Å². The van der Waals surface area contributed by atoms with Gasteiger partial charge in [-0.05, 0) is 24.3 Å². The molecule has 2 aromatic carbocycles. The lowest BCUT2D eigenvalue weighted by Crippen LogP contribution is -2.20. The van der Waals surface area contributed by atoms with E-state index >= 15 is 0 Å². The highest BCUT2D eigenvalue weighted by Gasteiger charge is 2.18. The minimum absolute atomic E-state index is 0.0367. The van der Waals surface area contributed by atoms with Gasteiger partial charge in [-0.15, -0.1) is 0 Å². The molecular weight excluding hydrogens is 282 g/mol. The zero-order chi connectivity index (χ0) is 14.6. The smallest absolute Gasteiger partial charge is 0.382 e. The number of rotatable bonds is 4. The van der Waals surface area contributed by atoms with E-state index in [1.54, 1.807) is 36.4 Å². The summed E-state index contributed by atoms with van der Waals surface area (Å²) in [4.78, 5) is 11.7. The van der Waals surface area contributed by atoms with E-state index in [0.29, 0.717) is 5.75 Å². The number of hydrogen-bond donors (Lipinski definition) is 1. The first-order chi connectivity index (χ1) is 9.46. The van der Waals surface area contributed by atoms with Crippen LogP contribution in [-0.4, -0.2) is 14.4 Å². The van der Waals surface area contributed by atoms with Gasteiger partial charge in [0.25, 0.3) is 0 Å². The molecule has 0 saturated carbocycles. The normalized spacial score (nSPS) is 10.8. The molecule has 6 nitrogen and oxygen atoms in total. The maximum absolute atomic E-state index is 11.7. The van der Waals surface area contributed by atoms with Gasteiger partial charge >= 0.3 is 16.3 Å². The van der Waals surface area contributed by atoms with Crippen molar-refractivity contribution in [3.05, 3.63) is 60.2 Å². The molecule has 0 heterocycles. The number of nitrogens with two attached hydrogens (primary N) is 1. The molecule has 0 aliphatic carbocycles. The summed E-state index contributed by atoms with van der Waals surface area (Å²) < 4.78 is 31.2. The Kier molecular flexibility index (Phi) is 4.02. The van der Waals surface area contributed by atoms with Crippen molar-refractivity contribution in [3.8, 4) is 11.5 Å². The molecule has 0 aliphatic heterocycles. The molecule has 0 fully saturated rings. The molecule has 0 aromatic heterocycles. The van der Waals surface area contributed by atoms with Crippen LogP contribution in [0.1, 0.15) is 10.4 Å². The first kappa shape index (κ1) is 14.0. The molecular formula is C13H11NO5S. The molecule has 0 aliphatic rings. The minimum Gasteiger partial charge on any atom is -0.456 e. The molecule has 104 valence electrons. The molecule has 2 rings (SSSR count). The van der Waals surface area contributed by atoms with Crippen molar-refractivity contribution in [2.75, 3.05) is 0 Å². The third-order valence-electron chi connectivity index (χ3n) is 2.27. The summed E-state index contributed by atoms with van der Waals surface area (Å²) in [6.45, 7) is 0. The molecule has 7 heteroatoms. The number of carbonyl (C=O) groups is 1. The van der Waals surface area contributed by atoms with Crippen molar-refractivity contribution in [3.63, 3.8) is 0 Å². The largest absolute Gasteiger partial charge is 0.456 e. The Balaban J connectivity index is 2.29. The van der Waals surface area contributed by atoms with Crippen molar-refractivity contribution in [1.29, 1.82) is 0 Å². The van der Waals surface area contributed by atoms with Crippen LogP contribution in [0.4, 0.5) is 0 Å². The fourth-order valence-corrected chi connectivity index (χ4v) is 1.79. The number of hydrogen-bond acceptors (Lipinski definition) is 5. The highest BCUT2D eigenvalue weighted by atomic mass is 32.2. The molecule has 0 unspecified atom stereocenters. The van der Waals surface area contributed by atoms with Crippen molar-refractivity contribution in [2.24, 2.45) is 5.14 Å². The fourth-order valence-electron chi connectivity index (χ4n) is 1.49. The van der Waals surface area contributed by atoms with E-state index in [0.717, 1.165) is 0 Å². The van der Waals surface area contributed by atoms with Crippen LogP contribution in [0.25, 0.3) is 0 Å². The summed E-state index contributed by atoms with van der Waals surface area (Å²) in [5, 5.41) is 4.66. The predicted octanol–water partition coefficient (Wildman–Crippen LogP) is 1.84. The van der Waals surface area contributed by atoms with E-state index in [-0.39, 0.29) is 11.3 Å². The number of carbonyl (C=O) groups excluding carboxylic acids is 1. The van der Waals surface area contributed by atoms with Crippen LogP contribution >= 0.6 is 0 Å². The Morgan fingerprint density at radius 2 is 1.55 bits per heavy atom. The van der Waals surface area contributed by atoms with Crippen molar-refractivity contribution >= 4 is 16.3 Å². The average molecular weight is 293 g/mol. The molecule has 0 amide bonds. The lowest BCUT2D eigenvalue weighted by molar-refractivity contribution is 0.0744. The zero-order valence-electron chi connectivity index (χ0n) is 10.2. The van der Waals surface area contributed by atoms with Crippen LogP contribution in [0.2, 0.25) is 0 Å². The Bertz CT molecular complexity index is 713. The average Bonchev–Trinajstić information content (AvgIpc) is 2.38. The zero-order valence-corrected chi connectivity index (χ0v) is 11.0. The monoisotopic (exact) mass is 293 g/mol. The van der Waals surface area contributed by atoms with Gasteiger partial charge in [-0.3, -0.25) is 0 Å². The highest BCUT2D eigenvalue weighted by Crippen LogP contribution is 2.25. The minimum atomic E-state index is -4.37. The second-order valence-electron chi connectivity index (χ2n) is 3.77. The summed E-state index contributed by atoms with van der Waals surface area (Å²) >= 11 is 0. The van der Waals surface area contributed by atoms with Gasteiger partial charge in [0.05, 0.1) is 0 Å². The molecule has 0 saturated heterocycles. The Labute approximate surface area is 116 Å². The summed E-state index contributed by atoms with van der Waals surface area (Å²) in [6, 6.07) is 14.8. The Morgan fingerprint density at radius 3 is 2.20 bits per heavy atom. The van der Waals surface area contributed by atoms with Gasteiger partial charge in [0, 0.05) is 0 Å². The standard InChI is InChI=1S/C13H11NO5S/c14-20(16,17)19-13(15)11-8-4-5-9-12(11)18-10-6-2-1-3-7-10/h1-9H,(H2,14,16,17). The second kappa shape index (κ2) is 5.72. The van der Waals surface area contributed by atoms with E-state index in [4.69, 9.17) is 4.74 Å². The molecule has 0 bridgehead atoms. The maximum Gasteiger partial charge on any atom is 0.382 e. The predicted molar refractivity (Wildman–Crippen MR) is 71.5 cm³/mol. The molecule has 0 spiro atoms. The van der Waals surface area contributed by atoms with Crippen LogP contribution in [0, 0.1) is 0 Å². The summed E-state index contributed by atoms with van der Waals surface area (Å²) in [5.41, 5.74) is -0.0367. The first-order valence-corrected chi connectivity index (χ1v) is 7.01. The van der Waals surface area contributed by atoms with E-state index in [9.17, 15) is 13.2 Å². The van der Waals surface area contributed by atoms with E-state index in [1.807, 2.05) is 6.07 Å². The molecule has 2 N–H and O–H groups in total. The van der Waals surface area contributed by atoms with E-state index in [2.05, 4.69) is 9.32 Å². The van der Waals surface area contributed by atoms with Crippen LogP contribution < -0.4 is 9.88 Å². The Morgan fingerprint density at radius 1 is 0.950 bits per heavy atom. The molecule has 2 aromatic rings. The quantitative estimate of drug-likeness (QED) is 0.927. The summed E-state index contributed by atoms with van der Waals surface area (Å²) in [6.07, 6.45) is 0. The molecule has 0 radical (unpaired) electrons. The lowest BCUT2D eigenvalue weighted by atomic mass is 10.2. The first-order valence-electron chi connectivity index (χ1n) is 5.54. The fraction of sp³-hybridized carbons (Fsp3) is 0. The maximum atomic E-state index is 11.7. The summed E-state index contributed by atoms with van der Waals surface area (Å²) in [5.74, 6) is -0.422.